The van der Waals surface area contributed by atoms with Crippen molar-refractivity contribution < 1.29 is 89.7 Å². The summed E-state index contributed by atoms with van der Waals surface area (Å²) in [7, 11) is 0. The Balaban J connectivity index is 1.18. The van der Waals surface area contributed by atoms with E-state index < -0.39 is 11.9 Å². The van der Waals surface area contributed by atoms with Gasteiger partial charge >= 0.3 is 11.9 Å². The lowest BCUT2D eigenvalue weighted by atomic mass is 9.85. The highest BCUT2D eigenvalue weighted by Crippen LogP contribution is 2.44. The molecule has 0 spiro atoms. The number of fused-ring (bicyclic) bond motifs is 2. The highest BCUT2D eigenvalue weighted by molar-refractivity contribution is 6.21. The maximum Gasteiger partial charge on any atom is 0.421 e. The Bertz CT molecular complexity index is 2430. The van der Waals surface area contributed by atoms with Crippen molar-refractivity contribution in [3.8, 4) is 69.3 Å². The number of esters is 1. The Morgan fingerprint density at radius 1 is 0.500 bits per heavy atom. The standard InChI is InChI=1S/C44H38O18/c1-4-5-6-7-10-13-28-48-35-22-18-33(19-23-35)43-37-26-16-32(3)30-40(37)44(38-27-17-31(2)29-39(38)43)34-20-24-36(25-21-34)49-41(45)14-11-8-9-12-15-42(46)50-52-54-56-58-60-62-61-59-57-55-53-51-47/h16-27,29-30,47H,4-7,10,13,28H2,1-3H3. The van der Waals surface area contributed by atoms with E-state index in [1.54, 1.807) is 12.1 Å². The lowest BCUT2D eigenvalue weighted by Crippen LogP contribution is -2.06. The van der Waals surface area contributed by atoms with E-state index in [-0.39, 0.29) is 5.75 Å². The van der Waals surface area contributed by atoms with E-state index in [0.717, 1.165) is 67.1 Å². The van der Waals surface area contributed by atoms with Gasteiger partial charge in [-0.2, -0.15) is 0 Å². The first-order valence-corrected chi connectivity index (χ1v) is 18.8. The third-order valence-corrected chi connectivity index (χ3v) is 8.63. The van der Waals surface area contributed by atoms with Crippen LogP contribution < -0.4 is 9.47 Å². The molecule has 0 atom stereocenters. The van der Waals surface area contributed by atoms with Gasteiger partial charge in [-0.1, -0.05) is 111 Å². The van der Waals surface area contributed by atoms with Gasteiger partial charge in [0.1, 0.15) is 11.5 Å². The van der Waals surface area contributed by atoms with Gasteiger partial charge in [0.2, 0.25) is 0 Å². The number of aryl methyl sites for hydroxylation is 2. The zero-order valence-corrected chi connectivity index (χ0v) is 33.4. The van der Waals surface area contributed by atoms with E-state index in [2.05, 4.69) is 176 Å². The first-order valence-electron chi connectivity index (χ1n) is 18.8. The summed E-state index contributed by atoms with van der Waals surface area (Å²) in [4.78, 5) is 27.9. The highest BCUT2D eigenvalue weighted by Gasteiger charge is 2.18. The Kier molecular flexibility index (Phi) is 19.5. The fourth-order valence-electron chi connectivity index (χ4n) is 6.10. The minimum Gasteiger partial charge on any atom is -0.494 e. The molecule has 0 amide bonds. The Morgan fingerprint density at radius 2 is 0.968 bits per heavy atom. The maximum absolute atomic E-state index is 12.4. The second-order valence-electron chi connectivity index (χ2n) is 12.8. The molecule has 5 aromatic rings. The number of carbonyl (C=O) groups is 2. The molecule has 5 aromatic carbocycles. The summed E-state index contributed by atoms with van der Waals surface area (Å²) >= 11 is 0. The van der Waals surface area contributed by atoms with Crippen LogP contribution in [0.2, 0.25) is 0 Å². The van der Waals surface area contributed by atoms with Gasteiger partial charge in [0.15, 0.2) is 0 Å². The molecule has 62 heavy (non-hydrogen) atoms. The average molecular weight is 855 g/mol. The zero-order valence-electron chi connectivity index (χ0n) is 33.4. The van der Waals surface area contributed by atoms with Crippen LogP contribution in [-0.4, -0.2) is 23.8 Å². The predicted octanol–water partition coefficient (Wildman–Crippen LogP) is 8.79. The van der Waals surface area contributed by atoms with Gasteiger partial charge < -0.3 is 9.47 Å². The monoisotopic (exact) mass is 854 g/mol. The van der Waals surface area contributed by atoms with Crippen LogP contribution in [-0.2, 0) is 74.9 Å². The van der Waals surface area contributed by atoms with E-state index in [1.807, 2.05) is 18.1 Å². The molecule has 0 fully saturated rings. The van der Waals surface area contributed by atoms with Gasteiger partial charge in [-0.05, 0) is 142 Å². The Hall–Kier alpha value is -6.48. The van der Waals surface area contributed by atoms with Gasteiger partial charge in [-0.25, -0.2) is 14.8 Å². The van der Waals surface area contributed by atoms with Crippen molar-refractivity contribution in [1.29, 1.82) is 0 Å². The molecule has 0 saturated heterocycles. The molecular weight excluding hydrogens is 816 g/mol. The molecule has 0 unspecified atom stereocenters. The number of rotatable bonds is 23. The topological polar surface area (TPSA) is 193 Å². The molecule has 0 heterocycles. The van der Waals surface area contributed by atoms with Crippen LogP contribution in [0.15, 0.2) is 84.9 Å². The molecule has 0 aliphatic rings. The summed E-state index contributed by atoms with van der Waals surface area (Å²) in [5.41, 5.74) is 6.50. The van der Waals surface area contributed by atoms with E-state index in [1.165, 1.54) is 32.1 Å². The Labute approximate surface area is 353 Å². The largest absolute Gasteiger partial charge is 0.494 e. The molecule has 18 nitrogen and oxygen atoms in total. The van der Waals surface area contributed by atoms with Crippen molar-refractivity contribution in [2.75, 3.05) is 6.61 Å². The second kappa shape index (κ2) is 26.0. The minimum atomic E-state index is -1.28. The van der Waals surface area contributed by atoms with Gasteiger partial charge in [-0.15, -0.1) is 0 Å². The van der Waals surface area contributed by atoms with Crippen LogP contribution >= 0.6 is 0 Å². The summed E-state index contributed by atoms with van der Waals surface area (Å²) < 4.78 is 11.5. The van der Waals surface area contributed by atoms with Gasteiger partial charge in [-0.3, -0.25) is 4.89 Å². The van der Waals surface area contributed by atoms with Gasteiger partial charge in [0.05, 0.1) is 6.61 Å². The third-order valence-electron chi connectivity index (χ3n) is 8.63. The number of hydrogen-bond donors (Lipinski definition) is 1. The van der Waals surface area contributed by atoms with Crippen molar-refractivity contribution in [2.24, 2.45) is 0 Å². The molecule has 0 aliphatic carbocycles. The minimum absolute atomic E-state index is 0.277. The van der Waals surface area contributed by atoms with Crippen molar-refractivity contribution >= 4 is 33.5 Å². The summed E-state index contributed by atoms with van der Waals surface area (Å²) in [5.74, 6) is 12.0. The van der Waals surface area contributed by atoms with Crippen LogP contribution in [0, 0.1) is 49.4 Å². The van der Waals surface area contributed by atoms with Gasteiger partial charge in [0.25, 0.3) is 0 Å². The fourth-order valence-corrected chi connectivity index (χ4v) is 6.10. The van der Waals surface area contributed by atoms with Gasteiger partial charge in [0, 0.05) is 42.1 Å². The molecule has 322 valence electrons. The summed E-state index contributed by atoms with van der Waals surface area (Å²) in [6, 6.07) is 28.6. The molecule has 1 N–H and O–H groups in total. The van der Waals surface area contributed by atoms with Crippen molar-refractivity contribution in [3.05, 3.63) is 96.1 Å². The van der Waals surface area contributed by atoms with E-state index in [9.17, 15) is 9.59 Å². The van der Waals surface area contributed by atoms with Crippen LogP contribution in [0.3, 0.4) is 0 Å². The van der Waals surface area contributed by atoms with Crippen molar-refractivity contribution in [3.63, 3.8) is 0 Å². The average Bonchev–Trinajstić information content (AvgIpc) is 3.27. The van der Waals surface area contributed by atoms with Crippen molar-refractivity contribution in [2.45, 2.75) is 59.3 Å². The zero-order chi connectivity index (χ0) is 43.8. The van der Waals surface area contributed by atoms with Crippen LogP contribution in [0.25, 0.3) is 43.8 Å². The predicted molar refractivity (Wildman–Crippen MR) is 211 cm³/mol. The number of carbonyl (C=O) groups excluding carboxylic acids is 2. The smallest absolute Gasteiger partial charge is 0.421 e. The molecule has 5 rings (SSSR count). The molecule has 0 radical (unpaired) electrons. The van der Waals surface area contributed by atoms with Crippen LogP contribution in [0.4, 0.5) is 0 Å². The molecule has 0 bridgehead atoms. The summed E-state index contributed by atoms with van der Waals surface area (Å²) in [6.07, 6.45) is 7.28. The molecule has 0 aromatic heterocycles. The molecular formula is C44H38O18. The van der Waals surface area contributed by atoms with Crippen LogP contribution in [0.5, 0.6) is 11.5 Å². The maximum atomic E-state index is 12.4. The van der Waals surface area contributed by atoms with E-state index in [4.69, 9.17) is 14.7 Å². The number of hydrogen-bond acceptors (Lipinski definition) is 18. The summed E-state index contributed by atoms with van der Waals surface area (Å²) in [5, 5.41) is 54.5. The molecule has 0 aliphatic heterocycles. The SMILES string of the molecule is CCCCCCCCOc1ccc(-c2c3ccc(C)cc3c(-c3ccc(OC(=O)C#CC#CC#CC(=O)OOOOOOOOOOOOOO)cc3)c3ccc(C)cc23)cc1. The van der Waals surface area contributed by atoms with Crippen molar-refractivity contribution in [1.82, 2.24) is 0 Å². The number of benzene rings is 5. The lowest BCUT2D eigenvalue weighted by molar-refractivity contribution is -0.874. The first kappa shape index (κ1) is 46.6. The Morgan fingerprint density at radius 3 is 1.50 bits per heavy atom. The lowest BCUT2D eigenvalue weighted by Gasteiger charge is -2.19. The normalized spacial score (nSPS) is 10.6. The number of unbranched alkanes of at least 4 members (excludes halogenated alkanes) is 5. The number of ether oxygens (including phenoxy) is 2. The fraction of sp³-hybridized carbons (Fsp3) is 0.227. The highest BCUT2D eigenvalue weighted by atomic mass is 18.0. The quantitative estimate of drug-likeness (QED) is 0.00956. The third kappa shape index (κ3) is 14.9. The van der Waals surface area contributed by atoms with E-state index in [0.29, 0.717) is 6.61 Å². The van der Waals surface area contributed by atoms with Crippen LogP contribution in [0.1, 0.15) is 56.6 Å². The first-order chi connectivity index (χ1) is 30.4. The second-order valence-corrected chi connectivity index (χ2v) is 12.8. The molecule has 18 heteroatoms. The molecule has 0 saturated carbocycles. The summed E-state index contributed by atoms with van der Waals surface area (Å²) in [6.45, 7) is 7.10. The van der Waals surface area contributed by atoms with E-state index >= 15 is 0 Å².